The summed E-state index contributed by atoms with van der Waals surface area (Å²) >= 11 is 0. The van der Waals surface area contributed by atoms with E-state index in [1.165, 1.54) is 0 Å². The highest BCUT2D eigenvalue weighted by Gasteiger charge is 2.32. The SMILES string of the molecule is CCS(=O)CCNCC1(C)COC1. The molecule has 0 aliphatic carbocycles. The number of hydrogen-bond acceptors (Lipinski definition) is 3. The van der Waals surface area contributed by atoms with E-state index in [0.717, 1.165) is 37.8 Å². The first-order valence-electron chi connectivity index (χ1n) is 4.80. The second-order valence-corrected chi connectivity index (χ2v) is 5.78. The first kappa shape index (κ1) is 11.1. The molecular formula is C9H19NO2S. The lowest BCUT2D eigenvalue weighted by Gasteiger charge is -2.38. The summed E-state index contributed by atoms with van der Waals surface area (Å²) in [6.45, 7) is 7.72. The first-order valence-corrected chi connectivity index (χ1v) is 6.28. The van der Waals surface area contributed by atoms with Gasteiger partial charge in [-0.2, -0.15) is 0 Å². The third kappa shape index (κ3) is 3.75. The maximum atomic E-state index is 11.1. The molecular weight excluding hydrogens is 186 g/mol. The summed E-state index contributed by atoms with van der Waals surface area (Å²) in [4.78, 5) is 0. The van der Waals surface area contributed by atoms with E-state index in [-0.39, 0.29) is 0 Å². The molecule has 0 aromatic rings. The lowest BCUT2D eigenvalue weighted by molar-refractivity contribution is -0.0987. The van der Waals surface area contributed by atoms with Gasteiger partial charge in [-0.1, -0.05) is 13.8 Å². The fraction of sp³-hybridized carbons (Fsp3) is 1.00. The highest BCUT2D eigenvalue weighted by molar-refractivity contribution is 7.84. The van der Waals surface area contributed by atoms with Crippen LogP contribution in [0.4, 0.5) is 0 Å². The van der Waals surface area contributed by atoms with E-state index in [9.17, 15) is 4.21 Å². The predicted octanol–water partition coefficient (Wildman–Crippen LogP) is 0.381. The predicted molar refractivity (Wildman–Crippen MR) is 55.3 cm³/mol. The van der Waals surface area contributed by atoms with Gasteiger partial charge in [-0.25, -0.2) is 0 Å². The monoisotopic (exact) mass is 205 g/mol. The van der Waals surface area contributed by atoms with E-state index in [2.05, 4.69) is 12.2 Å². The Morgan fingerprint density at radius 3 is 2.69 bits per heavy atom. The van der Waals surface area contributed by atoms with Gasteiger partial charge in [-0.15, -0.1) is 0 Å². The molecule has 78 valence electrons. The van der Waals surface area contributed by atoms with Gasteiger partial charge in [0.25, 0.3) is 0 Å². The van der Waals surface area contributed by atoms with Crippen molar-refractivity contribution in [2.75, 3.05) is 37.8 Å². The Morgan fingerprint density at radius 2 is 2.23 bits per heavy atom. The third-order valence-corrected chi connectivity index (χ3v) is 3.58. The molecule has 0 aromatic carbocycles. The summed E-state index contributed by atoms with van der Waals surface area (Å²) in [5.74, 6) is 1.54. The lowest BCUT2D eigenvalue weighted by atomic mass is 9.89. The molecule has 0 spiro atoms. The normalized spacial score (nSPS) is 22.3. The molecule has 1 fully saturated rings. The van der Waals surface area contributed by atoms with E-state index in [1.54, 1.807) is 0 Å². The molecule has 1 atom stereocenters. The smallest absolute Gasteiger partial charge is 0.0554 e. The zero-order valence-electron chi connectivity index (χ0n) is 8.47. The second-order valence-electron chi connectivity index (χ2n) is 3.91. The van der Waals surface area contributed by atoms with E-state index in [4.69, 9.17) is 4.74 Å². The fourth-order valence-corrected chi connectivity index (χ4v) is 1.93. The number of nitrogens with one attached hydrogen (secondary N) is 1. The van der Waals surface area contributed by atoms with Crippen LogP contribution < -0.4 is 5.32 Å². The Morgan fingerprint density at radius 1 is 1.54 bits per heavy atom. The Balaban J connectivity index is 1.98. The largest absolute Gasteiger partial charge is 0.380 e. The van der Waals surface area contributed by atoms with Gasteiger partial charge in [0.2, 0.25) is 0 Å². The van der Waals surface area contributed by atoms with E-state index in [1.807, 2.05) is 6.92 Å². The van der Waals surface area contributed by atoms with Crippen molar-refractivity contribution in [2.24, 2.45) is 5.41 Å². The molecule has 0 bridgehead atoms. The molecule has 0 amide bonds. The molecule has 1 aliphatic rings. The quantitative estimate of drug-likeness (QED) is 0.637. The van der Waals surface area contributed by atoms with Gasteiger partial charge in [0.1, 0.15) is 0 Å². The summed E-state index contributed by atoms with van der Waals surface area (Å²) in [6, 6.07) is 0. The summed E-state index contributed by atoms with van der Waals surface area (Å²) in [5, 5.41) is 3.32. The Kier molecular flexibility index (Phi) is 4.35. The topological polar surface area (TPSA) is 38.3 Å². The van der Waals surface area contributed by atoms with Crippen LogP contribution in [-0.2, 0) is 15.5 Å². The number of rotatable bonds is 6. The highest BCUT2D eigenvalue weighted by atomic mass is 32.2. The van der Waals surface area contributed by atoms with Gasteiger partial charge < -0.3 is 10.1 Å². The molecule has 1 rings (SSSR count). The summed E-state index contributed by atoms with van der Waals surface area (Å²) < 4.78 is 16.2. The maximum absolute atomic E-state index is 11.1. The summed E-state index contributed by atoms with van der Waals surface area (Å²) in [6.07, 6.45) is 0. The number of hydrogen-bond donors (Lipinski definition) is 1. The minimum Gasteiger partial charge on any atom is -0.380 e. The summed E-state index contributed by atoms with van der Waals surface area (Å²) in [5.41, 5.74) is 0.327. The Bertz CT molecular complexity index is 180. The van der Waals surface area contributed by atoms with Crippen LogP contribution in [0.2, 0.25) is 0 Å². The van der Waals surface area contributed by atoms with Crippen molar-refractivity contribution in [2.45, 2.75) is 13.8 Å². The van der Waals surface area contributed by atoms with E-state index < -0.39 is 10.8 Å². The Labute approximate surface area is 82.7 Å². The highest BCUT2D eigenvalue weighted by Crippen LogP contribution is 2.24. The van der Waals surface area contributed by atoms with Gasteiger partial charge in [-0.05, 0) is 0 Å². The van der Waals surface area contributed by atoms with Gasteiger partial charge >= 0.3 is 0 Å². The zero-order valence-corrected chi connectivity index (χ0v) is 9.28. The average molecular weight is 205 g/mol. The van der Waals surface area contributed by atoms with E-state index in [0.29, 0.717) is 5.41 Å². The van der Waals surface area contributed by atoms with Crippen molar-refractivity contribution in [1.29, 1.82) is 0 Å². The van der Waals surface area contributed by atoms with Crippen LogP contribution in [-0.4, -0.2) is 42.0 Å². The van der Waals surface area contributed by atoms with Crippen LogP contribution in [0.3, 0.4) is 0 Å². The Hall–Kier alpha value is 0.0700. The van der Waals surface area contributed by atoms with Gasteiger partial charge in [0, 0.05) is 40.8 Å². The van der Waals surface area contributed by atoms with Crippen LogP contribution in [0.15, 0.2) is 0 Å². The molecule has 1 N–H and O–H groups in total. The van der Waals surface area contributed by atoms with Crippen molar-refractivity contribution in [1.82, 2.24) is 5.32 Å². The minimum absolute atomic E-state index is 0.327. The first-order chi connectivity index (χ1) is 6.16. The van der Waals surface area contributed by atoms with Gasteiger partial charge in [-0.3, -0.25) is 4.21 Å². The van der Waals surface area contributed by atoms with Crippen molar-refractivity contribution in [3.8, 4) is 0 Å². The number of ether oxygens (including phenoxy) is 1. The molecule has 4 heteroatoms. The van der Waals surface area contributed by atoms with E-state index >= 15 is 0 Å². The molecule has 1 saturated heterocycles. The average Bonchev–Trinajstić information content (AvgIpc) is 2.09. The molecule has 1 unspecified atom stereocenters. The van der Waals surface area contributed by atoms with Crippen molar-refractivity contribution in [3.05, 3.63) is 0 Å². The van der Waals surface area contributed by atoms with Crippen LogP contribution in [0, 0.1) is 5.41 Å². The second kappa shape index (κ2) is 5.08. The van der Waals surface area contributed by atoms with Gasteiger partial charge in [0.15, 0.2) is 0 Å². The third-order valence-electron chi connectivity index (χ3n) is 2.28. The van der Waals surface area contributed by atoms with Crippen molar-refractivity contribution >= 4 is 10.8 Å². The van der Waals surface area contributed by atoms with Crippen LogP contribution in [0.5, 0.6) is 0 Å². The van der Waals surface area contributed by atoms with Crippen LogP contribution in [0.1, 0.15) is 13.8 Å². The van der Waals surface area contributed by atoms with Crippen molar-refractivity contribution in [3.63, 3.8) is 0 Å². The molecule has 1 aliphatic heterocycles. The molecule has 0 radical (unpaired) electrons. The molecule has 0 aromatic heterocycles. The summed E-state index contributed by atoms with van der Waals surface area (Å²) in [7, 11) is -0.633. The lowest BCUT2D eigenvalue weighted by Crippen LogP contribution is -2.47. The molecule has 13 heavy (non-hydrogen) atoms. The molecule has 3 nitrogen and oxygen atoms in total. The maximum Gasteiger partial charge on any atom is 0.0554 e. The standard InChI is InChI=1S/C9H19NO2S/c1-3-13(11)5-4-10-6-9(2)7-12-8-9/h10H,3-8H2,1-2H3. The van der Waals surface area contributed by atoms with Crippen molar-refractivity contribution < 1.29 is 8.95 Å². The van der Waals surface area contributed by atoms with Gasteiger partial charge in [0.05, 0.1) is 13.2 Å². The van der Waals surface area contributed by atoms with Crippen LogP contribution >= 0.6 is 0 Å². The molecule has 0 saturated carbocycles. The fourth-order valence-electron chi connectivity index (χ4n) is 1.27. The minimum atomic E-state index is -0.633. The zero-order chi connectivity index (χ0) is 9.73. The molecule has 1 heterocycles. The van der Waals surface area contributed by atoms with Crippen LogP contribution in [0.25, 0.3) is 0 Å².